The minimum absolute atomic E-state index is 0.210. The Morgan fingerprint density at radius 3 is 2.41 bits per heavy atom. The molecular formula is C10H8F4O3. The van der Waals surface area contributed by atoms with Gasteiger partial charge in [0.1, 0.15) is 5.82 Å². The molecule has 94 valence electrons. The van der Waals surface area contributed by atoms with Gasteiger partial charge in [0.05, 0.1) is 12.7 Å². The molecule has 1 atom stereocenters. The molecule has 3 nitrogen and oxygen atoms in total. The highest BCUT2D eigenvalue weighted by atomic mass is 19.4. The van der Waals surface area contributed by atoms with E-state index in [4.69, 9.17) is 0 Å². The molecular weight excluding hydrogens is 244 g/mol. The minimum Gasteiger partial charge on any atom is -0.467 e. The van der Waals surface area contributed by atoms with E-state index >= 15 is 0 Å². The van der Waals surface area contributed by atoms with Crippen LogP contribution >= 0.6 is 0 Å². The molecule has 0 fully saturated rings. The molecule has 1 aromatic carbocycles. The molecule has 0 aliphatic rings. The maximum Gasteiger partial charge on any atom is 0.416 e. The quantitative estimate of drug-likeness (QED) is 0.647. The van der Waals surface area contributed by atoms with Gasteiger partial charge in [0.25, 0.3) is 0 Å². The molecule has 0 aromatic heterocycles. The summed E-state index contributed by atoms with van der Waals surface area (Å²) < 4.78 is 54.0. The van der Waals surface area contributed by atoms with E-state index < -0.39 is 35.2 Å². The molecule has 17 heavy (non-hydrogen) atoms. The van der Waals surface area contributed by atoms with Gasteiger partial charge in [-0.25, -0.2) is 9.18 Å². The van der Waals surface area contributed by atoms with Crippen LogP contribution in [0.5, 0.6) is 0 Å². The predicted molar refractivity (Wildman–Crippen MR) is 48.4 cm³/mol. The maximum absolute atomic E-state index is 13.3. The first-order chi connectivity index (χ1) is 7.77. The molecule has 0 saturated carbocycles. The molecule has 0 saturated heterocycles. The lowest BCUT2D eigenvalue weighted by Crippen LogP contribution is -2.16. The van der Waals surface area contributed by atoms with Gasteiger partial charge in [0, 0.05) is 5.56 Å². The smallest absolute Gasteiger partial charge is 0.416 e. The van der Waals surface area contributed by atoms with Gasteiger partial charge in [-0.15, -0.1) is 0 Å². The fourth-order valence-corrected chi connectivity index (χ4v) is 1.16. The molecule has 0 radical (unpaired) electrons. The molecule has 1 N–H and O–H groups in total. The molecule has 0 aliphatic heterocycles. The van der Waals surface area contributed by atoms with E-state index in [1.165, 1.54) is 0 Å². The highest BCUT2D eigenvalue weighted by Gasteiger charge is 2.32. The second-order valence-corrected chi connectivity index (χ2v) is 3.16. The number of hydrogen-bond acceptors (Lipinski definition) is 3. The first-order valence-corrected chi connectivity index (χ1v) is 4.40. The third kappa shape index (κ3) is 2.94. The number of ether oxygens (including phenoxy) is 1. The molecule has 0 aliphatic carbocycles. The number of esters is 1. The number of alkyl halides is 3. The van der Waals surface area contributed by atoms with Crippen LogP contribution in [0.2, 0.25) is 0 Å². The number of aliphatic hydroxyl groups excluding tert-OH is 1. The second kappa shape index (κ2) is 4.70. The Morgan fingerprint density at radius 2 is 2.00 bits per heavy atom. The zero-order chi connectivity index (χ0) is 13.2. The van der Waals surface area contributed by atoms with E-state index in [0.29, 0.717) is 12.1 Å². The van der Waals surface area contributed by atoms with Crippen LogP contribution in [0.25, 0.3) is 0 Å². The Morgan fingerprint density at radius 1 is 1.41 bits per heavy atom. The lowest BCUT2D eigenvalue weighted by molar-refractivity contribution is -0.150. The Balaban J connectivity index is 3.10. The summed E-state index contributed by atoms with van der Waals surface area (Å²) in [5.74, 6) is -2.47. The highest BCUT2D eigenvalue weighted by Crippen LogP contribution is 2.31. The number of carbonyl (C=O) groups excluding carboxylic acids is 1. The Hall–Kier alpha value is -1.63. The molecule has 0 spiro atoms. The van der Waals surface area contributed by atoms with Crippen LogP contribution in [0.15, 0.2) is 18.2 Å². The summed E-state index contributed by atoms with van der Waals surface area (Å²) >= 11 is 0. The summed E-state index contributed by atoms with van der Waals surface area (Å²) in [7, 11) is 0.966. The predicted octanol–water partition coefficient (Wildman–Crippen LogP) is 2.05. The number of rotatable bonds is 2. The Bertz CT molecular complexity index is 428. The van der Waals surface area contributed by atoms with Crippen molar-refractivity contribution in [3.8, 4) is 0 Å². The number of carbonyl (C=O) groups is 1. The van der Waals surface area contributed by atoms with Gasteiger partial charge in [-0.05, 0) is 12.1 Å². The second-order valence-electron chi connectivity index (χ2n) is 3.16. The van der Waals surface area contributed by atoms with Crippen molar-refractivity contribution in [1.29, 1.82) is 0 Å². The van der Waals surface area contributed by atoms with Crippen molar-refractivity contribution in [1.82, 2.24) is 0 Å². The van der Waals surface area contributed by atoms with Crippen molar-refractivity contribution >= 4 is 5.97 Å². The molecule has 7 heteroatoms. The third-order valence-electron chi connectivity index (χ3n) is 2.05. The molecule has 1 aromatic rings. The lowest BCUT2D eigenvalue weighted by atomic mass is 10.1. The third-order valence-corrected chi connectivity index (χ3v) is 2.05. The highest BCUT2D eigenvalue weighted by molar-refractivity contribution is 5.76. The van der Waals surface area contributed by atoms with Gasteiger partial charge in [0.15, 0.2) is 6.10 Å². The summed E-state index contributed by atoms with van der Waals surface area (Å²) in [6, 6.07) is 1.48. The maximum atomic E-state index is 13.3. The van der Waals surface area contributed by atoms with Crippen molar-refractivity contribution in [3.63, 3.8) is 0 Å². The van der Waals surface area contributed by atoms with Crippen LogP contribution in [0, 0.1) is 5.82 Å². The van der Waals surface area contributed by atoms with Crippen LogP contribution in [0.1, 0.15) is 17.2 Å². The number of hydrogen-bond donors (Lipinski definition) is 1. The number of aliphatic hydroxyl groups is 1. The van der Waals surface area contributed by atoms with Crippen molar-refractivity contribution in [2.75, 3.05) is 7.11 Å². The van der Waals surface area contributed by atoms with E-state index in [9.17, 15) is 27.5 Å². The van der Waals surface area contributed by atoms with Gasteiger partial charge < -0.3 is 9.84 Å². The fraction of sp³-hybridized carbons (Fsp3) is 0.300. The van der Waals surface area contributed by atoms with Crippen LogP contribution in [-0.4, -0.2) is 18.2 Å². The lowest BCUT2D eigenvalue weighted by Gasteiger charge is -2.12. The SMILES string of the molecule is COC(=O)C(O)c1ccc(C(F)(F)F)cc1F. The fourth-order valence-electron chi connectivity index (χ4n) is 1.16. The van der Waals surface area contributed by atoms with Crippen molar-refractivity contribution in [2.24, 2.45) is 0 Å². The van der Waals surface area contributed by atoms with Crippen LogP contribution < -0.4 is 0 Å². The minimum atomic E-state index is -4.68. The van der Waals surface area contributed by atoms with E-state index in [2.05, 4.69) is 4.74 Å². The number of halogens is 4. The first-order valence-electron chi connectivity index (χ1n) is 4.40. The van der Waals surface area contributed by atoms with Crippen molar-refractivity contribution in [3.05, 3.63) is 35.1 Å². The summed E-state index contributed by atoms with van der Waals surface area (Å²) in [4.78, 5) is 10.9. The van der Waals surface area contributed by atoms with E-state index in [0.717, 1.165) is 7.11 Å². The monoisotopic (exact) mass is 252 g/mol. The van der Waals surface area contributed by atoms with Crippen LogP contribution in [0.4, 0.5) is 17.6 Å². The van der Waals surface area contributed by atoms with E-state index in [-0.39, 0.29) is 6.07 Å². The number of methoxy groups -OCH3 is 1. The summed E-state index contributed by atoms with van der Waals surface area (Å²) in [5, 5.41) is 9.27. The summed E-state index contributed by atoms with van der Waals surface area (Å²) in [6.45, 7) is 0. The van der Waals surface area contributed by atoms with E-state index in [1.807, 2.05) is 0 Å². The average Bonchev–Trinajstić information content (AvgIpc) is 2.25. The van der Waals surface area contributed by atoms with E-state index in [1.54, 1.807) is 0 Å². The summed E-state index contributed by atoms with van der Waals surface area (Å²) in [5.41, 5.74) is -1.76. The summed E-state index contributed by atoms with van der Waals surface area (Å²) in [6.07, 6.45) is -6.63. The molecule has 0 heterocycles. The molecule has 1 unspecified atom stereocenters. The van der Waals surface area contributed by atoms with Crippen LogP contribution in [0.3, 0.4) is 0 Å². The van der Waals surface area contributed by atoms with Gasteiger partial charge in [-0.3, -0.25) is 0 Å². The van der Waals surface area contributed by atoms with Gasteiger partial charge >= 0.3 is 12.1 Å². The molecule has 0 amide bonds. The average molecular weight is 252 g/mol. The van der Waals surface area contributed by atoms with Gasteiger partial charge in [-0.1, -0.05) is 6.07 Å². The van der Waals surface area contributed by atoms with Crippen molar-refractivity contribution < 1.29 is 32.2 Å². The van der Waals surface area contributed by atoms with Gasteiger partial charge in [0.2, 0.25) is 0 Å². The molecule has 0 bridgehead atoms. The standard InChI is InChI=1S/C10H8F4O3/c1-17-9(16)8(15)6-3-2-5(4-7(6)11)10(12,13)14/h2-4,8,15H,1H3. The van der Waals surface area contributed by atoms with Gasteiger partial charge in [-0.2, -0.15) is 13.2 Å². The molecule has 1 rings (SSSR count). The van der Waals surface area contributed by atoms with Crippen LogP contribution in [-0.2, 0) is 15.7 Å². The zero-order valence-electron chi connectivity index (χ0n) is 8.58. The zero-order valence-corrected chi connectivity index (χ0v) is 8.58. The Kier molecular flexibility index (Phi) is 3.72. The Labute approximate surface area is 93.6 Å². The topological polar surface area (TPSA) is 46.5 Å². The normalized spacial score (nSPS) is 13.3. The first kappa shape index (κ1) is 13.4. The van der Waals surface area contributed by atoms with Crippen molar-refractivity contribution in [2.45, 2.75) is 12.3 Å². The largest absolute Gasteiger partial charge is 0.467 e. The number of benzene rings is 1.